The van der Waals surface area contributed by atoms with Crippen molar-refractivity contribution in [1.29, 1.82) is 0 Å². The number of hydrogen-bond acceptors (Lipinski definition) is 3. The van der Waals surface area contributed by atoms with Crippen molar-refractivity contribution < 1.29 is 9.53 Å². The Morgan fingerprint density at radius 3 is 2.36 bits per heavy atom. The molecule has 2 saturated heterocycles. The molecule has 1 amide bonds. The van der Waals surface area contributed by atoms with Gasteiger partial charge in [-0.05, 0) is 43.0 Å². The van der Waals surface area contributed by atoms with Gasteiger partial charge in [0.2, 0.25) is 0 Å². The first-order chi connectivity index (χ1) is 10.7. The molecule has 0 saturated carbocycles. The molecule has 22 heavy (non-hydrogen) atoms. The molecule has 0 atom stereocenters. The van der Waals surface area contributed by atoms with Crippen LogP contribution in [0.5, 0.6) is 0 Å². The topological polar surface area (TPSA) is 32.8 Å². The third-order valence-corrected chi connectivity index (χ3v) is 4.86. The van der Waals surface area contributed by atoms with Crippen molar-refractivity contribution in [3.63, 3.8) is 0 Å². The Hall–Kier alpha value is -1.10. The van der Waals surface area contributed by atoms with Gasteiger partial charge in [0.1, 0.15) is 0 Å². The molecule has 0 bridgehead atoms. The fourth-order valence-corrected chi connectivity index (χ4v) is 3.37. The summed E-state index contributed by atoms with van der Waals surface area (Å²) in [7, 11) is 0. The van der Waals surface area contributed by atoms with E-state index in [2.05, 4.69) is 4.90 Å². The van der Waals surface area contributed by atoms with E-state index in [0.29, 0.717) is 10.9 Å². The first kappa shape index (κ1) is 15.8. The van der Waals surface area contributed by atoms with Gasteiger partial charge in [-0.25, -0.2) is 0 Å². The molecule has 2 heterocycles. The van der Waals surface area contributed by atoms with Crippen LogP contribution in [0.3, 0.4) is 0 Å². The maximum absolute atomic E-state index is 12.5. The Bertz CT molecular complexity index is 492. The second kappa shape index (κ2) is 7.44. The number of carbonyl (C=O) groups is 1. The molecule has 0 N–H and O–H groups in total. The number of piperidine rings is 1. The van der Waals surface area contributed by atoms with E-state index in [4.69, 9.17) is 16.3 Å². The van der Waals surface area contributed by atoms with Crippen LogP contribution in [0.25, 0.3) is 0 Å². The van der Waals surface area contributed by atoms with Crippen LogP contribution in [0.15, 0.2) is 24.3 Å². The molecule has 3 rings (SSSR count). The maximum atomic E-state index is 12.5. The Kier molecular flexibility index (Phi) is 5.34. The van der Waals surface area contributed by atoms with E-state index in [9.17, 15) is 4.79 Å². The van der Waals surface area contributed by atoms with Crippen LogP contribution in [0.2, 0.25) is 5.02 Å². The molecule has 2 aliphatic heterocycles. The molecule has 2 aliphatic rings. The average molecular weight is 323 g/mol. The minimum atomic E-state index is 0.126. The van der Waals surface area contributed by atoms with Crippen LogP contribution in [0, 0.1) is 5.92 Å². The summed E-state index contributed by atoms with van der Waals surface area (Å²) in [4.78, 5) is 16.9. The molecule has 1 aromatic rings. The maximum Gasteiger partial charge on any atom is 0.253 e. The molecule has 5 heteroatoms. The van der Waals surface area contributed by atoms with Gasteiger partial charge in [-0.3, -0.25) is 9.69 Å². The molecule has 4 nitrogen and oxygen atoms in total. The summed E-state index contributed by atoms with van der Waals surface area (Å²) in [6.07, 6.45) is 2.19. The van der Waals surface area contributed by atoms with Crippen LogP contribution in [0.1, 0.15) is 23.2 Å². The van der Waals surface area contributed by atoms with E-state index in [-0.39, 0.29) is 5.91 Å². The van der Waals surface area contributed by atoms with Gasteiger partial charge in [-0.2, -0.15) is 0 Å². The lowest BCUT2D eigenvalue weighted by Crippen LogP contribution is -2.44. The molecule has 120 valence electrons. The lowest BCUT2D eigenvalue weighted by molar-refractivity contribution is 0.0243. The molecular formula is C17H23ClN2O2. The second-order valence-electron chi connectivity index (χ2n) is 6.16. The summed E-state index contributed by atoms with van der Waals surface area (Å²) in [6, 6.07) is 7.18. The van der Waals surface area contributed by atoms with Gasteiger partial charge in [0, 0.05) is 43.3 Å². The van der Waals surface area contributed by atoms with Crippen molar-refractivity contribution in [2.24, 2.45) is 5.92 Å². The van der Waals surface area contributed by atoms with Gasteiger partial charge >= 0.3 is 0 Å². The third-order valence-electron chi connectivity index (χ3n) is 4.61. The van der Waals surface area contributed by atoms with Crippen molar-refractivity contribution in [3.8, 4) is 0 Å². The highest BCUT2D eigenvalue weighted by atomic mass is 35.5. The predicted octanol–water partition coefficient (Wildman–Crippen LogP) is 2.52. The van der Waals surface area contributed by atoms with Gasteiger partial charge in [0.25, 0.3) is 5.91 Å². The Morgan fingerprint density at radius 1 is 1.09 bits per heavy atom. The van der Waals surface area contributed by atoms with Gasteiger partial charge in [-0.15, -0.1) is 0 Å². The summed E-state index contributed by atoms with van der Waals surface area (Å²) in [5.41, 5.74) is 0.732. The molecule has 0 radical (unpaired) electrons. The van der Waals surface area contributed by atoms with Crippen LogP contribution in [-0.4, -0.2) is 61.6 Å². The quantitative estimate of drug-likeness (QED) is 0.857. The van der Waals surface area contributed by atoms with E-state index < -0.39 is 0 Å². The van der Waals surface area contributed by atoms with Crippen LogP contribution >= 0.6 is 11.6 Å². The van der Waals surface area contributed by atoms with Crippen molar-refractivity contribution in [3.05, 3.63) is 34.9 Å². The number of carbonyl (C=O) groups excluding carboxylic acids is 1. The average Bonchev–Trinajstić information content (AvgIpc) is 2.57. The van der Waals surface area contributed by atoms with E-state index in [1.165, 1.54) is 0 Å². The van der Waals surface area contributed by atoms with Crippen LogP contribution in [-0.2, 0) is 4.74 Å². The lowest BCUT2D eigenvalue weighted by atomic mass is 9.95. The minimum Gasteiger partial charge on any atom is -0.379 e. The zero-order valence-corrected chi connectivity index (χ0v) is 13.6. The number of benzene rings is 1. The van der Waals surface area contributed by atoms with Crippen molar-refractivity contribution >= 4 is 17.5 Å². The standard InChI is InChI=1S/C17H23ClN2O2/c18-16-3-1-15(2-4-16)17(21)20-7-5-14(6-8-20)13-19-9-11-22-12-10-19/h1-4,14H,5-13H2. The highest BCUT2D eigenvalue weighted by molar-refractivity contribution is 6.30. The molecule has 2 fully saturated rings. The number of rotatable bonds is 3. The van der Waals surface area contributed by atoms with E-state index >= 15 is 0 Å². The fourth-order valence-electron chi connectivity index (χ4n) is 3.24. The van der Waals surface area contributed by atoms with E-state index in [1.807, 2.05) is 17.0 Å². The summed E-state index contributed by atoms with van der Waals surface area (Å²) < 4.78 is 5.39. The molecular weight excluding hydrogens is 300 g/mol. The first-order valence-electron chi connectivity index (χ1n) is 8.07. The summed E-state index contributed by atoms with van der Waals surface area (Å²) in [6.45, 7) is 6.66. The molecule has 0 aromatic heterocycles. The minimum absolute atomic E-state index is 0.126. The Labute approximate surface area is 137 Å². The zero-order chi connectivity index (χ0) is 15.4. The number of morpholine rings is 1. The van der Waals surface area contributed by atoms with Gasteiger partial charge in [0.05, 0.1) is 13.2 Å². The number of halogens is 1. The van der Waals surface area contributed by atoms with Crippen molar-refractivity contribution in [2.75, 3.05) is 45.9 Å². The van der Waals surface area contributed by atoms with Crippen LogP contribution < -0.4 is 0 Å². The number of likely N-dealkylation sites (tertiary alicyclic amines) is 1. The second-order valence-corrected chi connectivity index (χ2v) is 6.59. The number of ether oxygens (including phenoxy) is 1. The van der Waals surface area contributed by atoms with E-state index in [0.717, 1.165) is 64.3 Å². The Morgan fingerprint density at radius 2 is 1.73 bits per heavy atom. The van der Waals surface area contributed by atoms with Gasteiger partial charge in [-0.1, -0.05) is 11.6 Å². The number of nitrogens with zero attached hydrogens (tertiary/aromatic N) is 2. The monoisotopic (exact) mass is 322 g/mol. The molecule has 0 spiro atoms. The summed E-state index contributed by atoms with van der Waals surface area (Å²) >= 11 is 5.88. The first-order valence-corrected chi connectivity index (χ1v) is 8.45. The molecule has 0 aliphatic carbocycles. The zero-order valence-electron chi connectivity index (χ0n) is 12.8. The van der Waals surface area contributed by atoms with Crippen LogP contribution in [0.4, 0.5) is 0 Å². The fraction of sp³-hybridized carbons (Fsp3) is 0.588. The normalized spacial score (nSPS) is 21.0. The SMILES string of the molecule is O=C(c1ccc(Cl)cc1)N1CCC(CN2CCOCC2)CC1. The van der Waals surface area contributed by atoms with Crippen molar-refractivity contribution in [2.45, 2.75) is 12.8 Å². The lowest BCUT2D eigenvalue weighted by Gasteiger charge is -2.36. The molecule has 0 unspecified atom stereocenters. The Balaban J connectivity index is 1.48. The van der Waals surface area contributed by atoms with Gasteiger partial charge < -0.3 is 9.64 Å². The predicted molar refractivity (Wildman–Crippen MR) is 87.3 cm³/mol. The number of amides is 1. The highest BCUT2D eigenvalue weighted by Gasteiger charge is 2.25. The largest absolute Gasteiger partial charge is 0.379 e. The highest BCUT2D eigenvalue weighted by Crippen LogP contribution is 2.21. The van der Waals surface area contributed by atoms with Gasteiger partial charge in [0.15, 0.2) is 0 Å². The number of hydrogen-bond donors (Lipinski definition) is 0. The van der Waals surface area contributed by atoms with E-state index in [1.54, 1.807) is 12.1 Å². The smallest absolute Gasteiger partial charge is 0.253 e. The summed E-state index contributed by atoms with van der Waals surface area (Å²) in [5, 5.41) is 0.667. The summed E-state index contributed by atoms with van der Waals surface area (Å²) in [5.74, 6) is 0.828. The third kappa shape index (κ3) is 4.00. The van der Waals surface area contributed by atoms with Crippen molar-refractivity contribution in [1.82, 2.24) is 9.80 Å². The molecule has 1 aromatic carbocycles.